The van der Waals surface area contributed by atoms with Crippen molar-refractivity contribution < 1.29 is 9.63 Å². The van der Waals surface area contributed by atoms with Crippen LogP contribution in [0.4, 0.5) is 0 Å². The first-order valence-electron chi connectivity index (χ1n) is 6.35. The summed E-state index contributed by atoms with van der Waals surface area (Å²) in [6.07, 6.45) is 6.67. The van der Waals surface area contributed by atoms with Crippen LogP contribution in [0.3, 0.4) is 0 Å². The Bertz CT molecular complexity index is 565. The van der Waals surface area contributed by atoms with E-state index < -0.39 is 0 Å². The second-order valence-corrected chi connectivity index (χ2v) is 5.77. The Morgan fingerprint density at radius 3 is 2.74 bits per heavy atom. The smallest absolute Gasteiger partial charge is 0.230 e. The van der Waals surface area contributed by atoms with Gasteiger partial charge in [0, 0.05) is 28.3 Å². The molecule has 1 aliphatic carbocycles. The molecule has 1 N–H and O–H groups in total. The van der Waals surface area contributed by atoms with Crippen LogP contribution in [0.1, 0.15) is 37.5 Å². The number of hydrogen-bond acceptors (Lipinski definition) is 5. The average Bonchev–Trinajstić information content (AvgIpc) is 2.89. The van der Waals surface area contributed by atoms with E-state index in [1.165, 1.54) is 0 Å². The van der Waals surface area contributed by atoms with Crippen LogP contribution in [0.15, 0.2) is 27.5 Å². The van der Waals surface area contributed by atoms with Crippen molar-refractivity contribution in [1.29, 1.82) is 0 Å². The first-order chi connectivity index (χ1) is 9.22. The maximum absolute atomic E-state index is 9.51. The Labute approximate surface area is 119 Å². The van der Waals surface area contributed by atoms with E-state index in [0.717, 1.165) is 35.7 Å². The van der Waals surface area contributed by atoms with Crippen LogP contribution >= 0.6 is 15.9 Å². The van der Waals surface area contributed by atoms with E-state index in [1.54, 1.807) is 12.4 Å². The number of pyridine rings is 1. The first kappa shape index (κ1) is 12.7. The molecule has 0 amide bonds. The largest absolute Gasteiger partial charge is 0.393 e. The number of aromatic nitrogens is 3. The number of halogens is 1. The molecule has 5 nitrogen and oxygen atoms in total. The molecule has 1 fully saturated rings. The minimum absolute atomic E-state index is 0.173. The lowest BCUT2D eigenvalue weighted by Gasteiger charge is -2.22. The van der Waals surface area contributed by atoms with Crippen LogP contribution in [0.2, 0.25) is 0 Å². The van der Waals surface area contributed by atoms with Gasteiger partial charge in [0.1, 0.15) is 0 Å². The van der Waals surface area contributed by atoms with Crippen molar-refractivity contribution >= 4 is 15.9 Å². The van der Waals surface area contributed by atoms with E-state index >= 15 is 0 Å². The summed E-state index contributed by atoms with van der Waals surface area (Å²) in [4.78, 5) is 8.54. The van der Waals surface area contributed by atoms with Gasteiger partial charge in [-0.2, -0.15) is 4.98 Å². The molecule has 0 aliphatic heterocycles. The molecular weight excluding hydrogens is 310 g/mol. The molecule has 0 radical (unpaired) electrons. The van der Waals surface area contributed by atoms with Gasteiger partial charge >= 0.3 is 0 Å². The number of rotatable bonds is 2. The van der Waals surface area contributed by atoms with E-state index in [4.69, 9.17) is 4.52 Å². The quantitative estimate of drug-likeness (QED) is 0.919. The zero-order valence-electron chi connectivity index (χ0n) is 10.3. The van der Waals surface area contributed by atoms with E-state index in [9.17, 15) is 5.11 Å². The molecule has 0 bridgehead atoms. The zero-order valence-corrected chi connectivity index (χ0v) is 11.9. The van der Waals surface area contributed by atoms with Crippen molar-refractivity contribution in [3.8, 4) is 11.4 Å². The molecule has 0 unspecified atom stereocenters. The van der Waals surface area contributed by atoms with Gasteiger partial charge in [-0.15, -0.1) is 0 Å². The minimum Gasteiger partial charge on any atom is -0.393 e. The van der Waals surface area contributed by atoms with Crippen LogP contribution in [0.5, 0.6) is 0 Å². The van der Waals surface area contributed by atoms with Crippen molar-refractivity contribution in [2.45, 2.75) is 37.7 Å². The molecule has 0 aromatic carbocycles. The van der Waals surface area contributed by atoms with Crippen molar-refractivity contribution in [1.82, 2.24) is 15.1 Å². The Hall–Kier alpha value is -1.27. The maximum atomic E-state index is 9.51. The third-order valence-electron chi connectivity index (χ3n) is 3.45. The molecule has 0 saturated heterocycles. The molecule has 2 aromatic rings. The molecule has 6 heteroatoms. The minimum atomic E-state index is -0.173. The van der Waals surface area contributed by atoms with Gasteiger partial charge in [0.15, 0.2) is 0 Å². The van der Waals surface area contributed by atoms with Gasteiger partial charge in [-0.1, -0.05) is 5.16 Å². The Morgan fingerprint density at radius 1 is 1.21 bits per heavy atom. The predicted octanol–water partition coefficient (Wildman–Crippen LogP) is 2.91. The summed E-state index contributed by atoms with van der Waals surface area (Å²) < 4.78 is 6.23. The summed E-state index contributed by atoms with van der Waals surface area (Å²) in [5.41, 5.74) is 0.834. The van der Waals surface area contributed by atoms with Crippen molar-refractivity contribution in [2.24, 2.45) is 0 Å². The van der Waals surface area contributed by atoms with Crippen molar-refractivity contribution in [3.63, 3.8) is 0 Å². The third-order valence-corrected chi connectivity index (χ3v) is 3.88. The van der Waals surface area contributed by atoms with E-state index in [2.05, 4.69) is 31.1 Å². The van der Waals surface area contributed by atoms with Crippen LogP contribution in [0, 0.1) is 0 Å². The lowest BCUT2D eigenvalue weighted by molar-refractivity contribution is 0.116. The highest BCUT2D eigenvalue weighted by Crippen LogP contribution is 2.32. The van der Waals surface area contributed by atoms with Gasteiger partial charge in [-0.05, 0) is 47.7 Å². The fraction of sp³-hybridized carbons (Fsp3) is 0.462. The molecule has 0 atom stereocenters. The van der Waals surface area contributed by atoms with Gasteiger partial charge in [0.05, 0.1) is 6.10 Å². The normalized spacial score (nSPS) is 23.5. The fourth-order valence-electron chi connectivity index (χ4n) is 2.38. The highest BCUT2D eigenvalue weighted by atomic mass is 79.9. The lowest BCUT2D eigenvalue weighted by Crippen LogP contribution is -2.17. The summed E-state index contributed by atoms with van der Waals surface area (Å²) in [6, 6.07) is 1.91. The van der Waals surface area contributed by atoms with Gasteiger partial charge in [-0.3, -0.25) is 4.98 Å². The first-order valence-corrected chi connectivity index (χ1v) is 7.14. The molecular formula is C13H14BrN3O2. The highest BCUT2D eigenvalue weighted by Gasteiger charge is 2.25. The molecule has 19 heavy (non-hydrogen) atoms. The fourth-order valence-corrected chi connectivity index (χ4v) is 2.74. The Morgan fingerprint density at radius 2 is 2.00 bits per heavy atom. The second kappa shape index (κ2) is 5.38. The second-order valence-electron chi connectivity index (χ2n) is 4.85. The number of aliphatic hydroxyl groups excluding tert-OH is 1. The summed E-state index contributed by atoms with van der Waals surface area (Å²) in [6.45, 7) is 0. The van der Waals surface area contributed by atoms with Gasteiger partial charge in [0.2, 0.25) is 11.7 Å². The average molecular weight is 324 g/mol. The van der Waals surface area contributed by atoms with Crippen LogP contribution < -0.4 is 0 Å². The summed E-state index contributed by atoms with van der Waals surface area (Å²) >= 11 is 3.37. The van der Waals surface area contributed by atoms with Crippen molar-refractivity contribution in [3.05, 3.63) is 28.8 Å². The van der Waals surface area contributed by atoms with E-state index in [-0.39, 0.29) is 12.0 Å². The molecule has 1 saturated carbocycles. The predicted molar refractivity (Wildman–Crippen MR) is 72.4 cm³/mol. The molecule has 3 rings (SSSR count). The topological polar surface area (TPSA) is 72.0 Å². The monoisotopic (exact) mass is 323 g/mol. The standard InChI is InChI=1S/C13H14BrN3O2/c14-10-5-9(6-15-7-10)12-16-13(19-17-12)8-1-3-11(18)4-2-8/h5-8,11,18H,1-4H2. The molecule has 1 aliphatic rings. The van der Waals surface area contributed by atoms with Crippen LogP contribution in [0.25, 0.3) is 11.4 Å². The highest BCUT2D eigenvalue weighted by molar-refractivity contribution is 9.10. The number of aliphatic hydroxyl groups is 1. The third kappa shape index (κ3) is 2.84. The summed E-state index contributed by atoms with van der Waals surface area (Å²) in [5.74, 6) is 1.50. The van der Waals surface area contributed by atoms with Gasteiger partial charge < -0.3 is 9.63 Å². The SMILES string of the molecule is OC1CCC(c2nc(-c3cncc(Br)c3)no2)CC1. The molecule has 2 heterocycles. The summed E-state index contributed by atoms with van der Waals surface area (Å²) in [5, 5.41) is 13.5. The maximum Gasteiger partial charge on any atom is 0.230 e. The lowest BCUT2D eigenvalue weighted by atomic mass is 9.87. The van der Waals surface area contributed by atoms with E-state index in [1.807, 2.05) is 6.07 Å². The molecule has 2 aromatic heterocycles. The Kier molecular flexibility index (Phi) is 3.61. The zero-order chi connectivity index (χ0) is 13.2. The van der Waals surface area contributed by atoms with Gasteiger partial charge in [-0.25, -0.2) is 0 Å². The summed E-state index contributed by atoms with van der Waals surface area (Å²) in [7, 11) is 0. The van der Waals surface area contributed by atoms with E-state index in [0.29, 0.717) is 11.7 Å². The molecule has 100 valence electrons. The number of hydrogen-bond donors (Lipinski definition) is 1. The van der Waals surface area contributed by atoms with Gasteiger partial charge in [0.25, 0.3) is 0 Å². The number of nitrogens with zero attached hydrogens (tertiary/aromatic N) is 3. The van der Waals surface area contributed by atoms with Crippen molar-refractivity contribution in [2.75, 3.05) is 0 Å². The van der Waals surface area contributed by atoms with Crippen LogP contribution in [-0.2, 0) is 0 Å². The van der Waals surface area contributed by atoms with Crippen LogP contribution in [-0.4, -0.2) is 26.3 Å². The molecule has 0 spiro atoms. The Balaban J connectivity index is 1.80.